The molecule has 0 spiro atoms. The molecule has 5 nitrogen and oxygen atoms in total. The van der Waals surface area contributed by atoms with Gasteiger partial charge in [-0.15, -0.1) is 0 Å². The summed E-state index contributed by atoms with van der Waals surface area (Å²) in [6.45, 7) is 7.25. The van der Waals surface area contributed by atoms with E-state index in [1.807, 2.05) is 0 Å². The number of fused-ring (bicyclic) bond motifs is 1. The molecule has 0 unspecified atom stereocenters. The van der Waals surface area contributed by atoms with E-state index in [-0.39, 0.29) is 5.75 Å². The summed E-state index contributed by atoms with van der Waals surface area (Å²) in [7, 11) is 0. The Bertz CT molecular complexity index is 1130. The van der Waals surface area contributed by atoms with Crippen molar-refractivity contribution in [3.63, 3.8) is 0 Å². The Morgan fingerprint density at radius 2 is 2.00 bits per heavy atom. The van der Waals surface area contributed by atoms with Gasteiger partial charge in [-0.1, -0.05) is 29.5 Å². The van der Waals surface area contributed by atoms with Gasteiger partial charge in [-0.3, -0.25) is 4.90 Å². The summed E-state index contributed by atoms with van der Waals surface area (Å²) >= 11 is 7.34. The Kier molecular flexibility index (Phi) is 6.11. The van der Waals surface area contributed by atoms with Crippen molar-refractivity contribution in [2.24, 2.45) is 0 Å². The Morgan fingerprint density at radius 3 is 2.71 bits per heavy atom. The van der Waals surface area contributed by atoms with Crippen LogP contribution in [0.3, 0.4) is 0 Å². The molecule has 1 saturated heterocycles. The highest BCUT2D eigenvalue weighted by Crippen LogP contribution is 2.37. The van der Waals surface area contributed by atoms with E-state index in [1.54, 1.807) is 12.1 Å². The van der Waals surface area contributed by atoms with Crippen molar-refractivity contribution in [1.29, 1.82) is 0 Å². The van der Waals surface area contributed by atoms with E-state index >= 15 is 0 Å². The van der Waals surface area contributed by atoms with Crippen LogP contribution in [0.5, 0.6) is 5.75 Å². The molecule has 0 aliphatic carbocycles. The first-order valence-corrected chi connectivity index (χ1v) is 10.7. The maximum atomic E-state index is 12.9. The molecular formula is C21H19ClF3N3O2S. The molecule has 2 heterocycles. The minimum atomic E-state index is -4.42. The van der Waals surface area contributed by atoms with Gasteiger partial charge >= 0.3 is 6.18 Å². The quantitative estimate of drug-likeness (QED) is 0.510. The Morgan fingerprint density at radius 1 is 1.26 bits per heavy atom. The Hall–Kier alpha value is -2.33. The van der Waals surface area contributed by atoms with Gasteiger partial charge in [0.1, 0.15) is 5.75 Å². The van der Waals surface area contributed by atoms with Crippen molar-refractivity contribution in [3.05, 3.63) is 58.6 Å². The highest BCUT2D eigenvalue weighted by Gasteiger charge is 2.30. The number of anilines is 1. The van der Waals surface area contributed by atoms with Crippen LogP contribution in [0, 0.1) is 0 Å². The molecule has 0 atom stereocenters. The minimum Gasteiger partial charge on any atom is -0.507 e. The van der Waals surface area contributed by atoms with Crippen molar-refractivity contribution in [1.82, 2.24) is 9.88 Å². The van der Waals surface area contributed by atoms with Crippen molar-refractivity contribution < 1.29 is 23.0 Å². The first-order valence-electron chi connectivity index (χ1n) is 9.46. The molecule has 1 aliphatic rings. The number of hydrogen-bond acceptors (Lipinski definition) is 6. The van der Waals surface area contributed by atoms with Gasteiger partial charge in [0.2, 0.25) is 0 Å². The van der Waals surface area contributed by atoms with Crippen LogP contribution >= 0.6 is 22.9 Å². The van der Waals surface area contributed by atoms with E-state index < -0.39 is 11.7 Å². The number of ether oxygens (including phenoxy) is 1. The second kappa shape index (κ2) is 8.66. The summed E-state index contributed by atoms with van der Waals surface area (Å²) in [6, 6.07) is 6.70. The summed E-state index contributed by atoms with van der Waals surface area (Å²) < 4.78 is 44.6. The predicted octanol–water partition coefficient (Wildman–Crippen LogP) is 5.59. The monoisotopic (exact) mass is 469 g/mol. The molecule has 4 rings (SSSR count). The number of phenols is 1. The zero-order valence-corrected chi connectivity index (χ0v) is 17.9. The summed E-state index contributed by atoms with van der Waals surface area (Å²) in [5.74, 6) is 0.0499. The van der Waals surface area contributed by atoms with Gasteiger partial charge in [0, 0.05) is 41.5 Å². The van der Waals surface area contributed by atoms with Crippen LogP contribution in [0.1, 0.15) is 16.7 Å². The number of nitrogens with one attached hydrogen (secondary N) is 1. The fourth-order valence-electron chi connectivity index (χ4n) is 3.36. The van der Waals surface area contributed by atoms with E-state index in [0.717, 1.165) is 36.6 Å². The standard InChI is InChI=1S/C21H19ClF3N3O2S/c1-12(26-20-27-17-3-2-14(21(23,24)25)9-18(17)31-20)16-10-15(22)8-13(19(16)29)11-28-4-6-30-7-5-28/h2-3,8-10,29H,1,4-7,11H2,(H,26,27). The van der Waals surface area contributed by atoms with E-state index in [1.165, 1.54) is 6.07 Å². The van der Waals surface area contributed by atoms with Crippen LogP contribution in [0.2, 0.25) is 5.02 Å². The van der Waals surface area contributed by atoms with E-state index in [9.17, 15) is 18.3 Å². The topological polar surface area (TPSA) is 57.6 Å². The van der Waals surface area contributed by atoms with Gasteiger partial charge in [-0.25, -0.2) is 4.98 Å². The van der Waals surface area contributed by atoms with Gasteiger partial charge in [0.05, 0.1) is 29.0 Å². The molecule has 31 heavy (non-hydrogen) atoms. The number of benzene rings is 2. The maximum Gasteiger partial charge on any atom is 0.416 e. The molecule has 0 saturated carbocycles. The average Bonchev–Trinajstić information content (AvgIpc) is 3.12. The third-order valence-corrected chi connectivity index (χ3v) is 6.10. The van der Waals surface area contributed by atoms with Crippen LogP contribution in [0.25, 0.3) is 15.9 Å². The Labute approximate surface area is 185 Å². The lowest BCUT2D eigenvalue weighted by Gasteiger charge is -2.27. The summed E-state index contributed by atoms with van der Waals surface area (Å²) in [4.78, 5) is 6.47. The fraction of sp³-hybridized carbons (Fsp3) is 0.286. The number of aromatic nitrogens is 1. The lowest BCUT2D eigenvalue weighted by atomic mass is 10.1. The number of rotatable bonds is 5. The summed E-state index contributed by atoms with van der Waals surface area (Å²) in [5, 5.41) is 14.6. The highest BCUT2D eigenvalue weighted by atomic mass is 35.5. The highest BCUT2D eigenvalue weighted by molar-refractivity contribution is 7.22. The first-order chi connectivity index (χ1) is 14.7. The molecule has 1 aliphatic heterocycles. The molecule has 2 aromatic carbocycles. The number of hydrogen-bond donors (Lipinski definition) is 2. The Balaban J connectivity index is 1.56. The van der Waals surface area contributed by atoms with Gasteiger partial charge in [0.15, 0.2) is 5.13 Å². The summed E-state index contributed by atoms with van der Waals surface area (Å²) in [5.41, 5.74) is 1.13. The predicted molar refractivity (Wildman–Crippen MR) is 116 cm³/mol. The van der Waals surface area contributed by atoms with E-state index in [0.29, 0.717) is 57.0 Å². The van der Waals surface area contributed by atoms with Crippen LogP contribution < -0.4 is 5.32 Å². The third-order valence-electron chi connectivity index (χ3n) is 4.95. The largest absolute Gasteiger partial charge is 0.507 e. The lowest BCUT2D eigenvalue weighted by molar-refractivity contribution is -0.137. The van der Waals surface area contributed by atoms with Crippen LogP contribution in [0.4, 0.5) is 18.3 Å². The molecule has 0 amide bonds. The number of thiazole rings is 1. The number of aromatic hydroxyl groups is 1. The van der Waals surface area contributed by atoms with E-state index in [4.69, 9.17) is 16.3 Å². The normalized spacial score (nSPS) is 15.4. The van der Waals surface area contributed by atoms with Gasteiger partial charge < -0.3 is 15.2 Å². The van der Waals surface area contributed by atoms with Crippen LogP contribution in [-0.4, -0.2) is 41.3 Å². The molecule has 10 heteroatoms. The van der Waals surface area contributed by atoms with E-state index in [2.05, 4.69) is 21.8 Å². The second-order valence-electron chi connectivity index (χ2n) is 7.15. The second-order valence-corrected chi connectivity index (χ2v) is 8.62. The average molecular weight is 470 g/mol. The van der Waals surface area contributed by atoms with Crippen molar-refractivity contribution in [2.75, 3.05) is 31.6 Å². The third kappa shape index (κ3) is 4.95. The first kappa shape index (κ1) is 21.9. The smallest absolute Gasteiger partial charge is 0.416 e. The van der Waals surface area contributed by atoms with Crippen molar-refractivity contribution in [3.8, 4) is 5.75 Å². The molecule has 1 aromatic heterocycles. The number of phenolic OH excluding ortho intramolecular Hbond substituents is 1. The molecule has 164 valence electrons. The lowest BCUT2D eigenvalue weighted by Crippen LogP contribution is -2.35. The SMILES string of the molecule is C=C(Nc1nc2ccc(C(F)(F)F)cc2s1)c1cc(Cl)cc(CN2CCOCC2)c1O. The molecule has 1 fully saturated rings. The maximum absolute atomic E-state index is 12.9. The zero-order chi connectivity index (χ0) is 22.2. The van der Waals surface area contributed by atoms with Gasteiger partial charge in [-0.05, 0) is 30.3 Å². The number of nitrogens with zero attached hydrogens (tertiary/aromatic N) is 2. The van der Waals surface area contributed by atoms with Crippen LogP contribution in [0.15, 0.2) is 36.9 Å². The van der Waals surface area contributed by atoms with Gasteiger partial charge in [-0.2, -0.15) is 13.2 Å². The molecule has 0 radical (unpaired) electrons. The van der Waals surface area contributed by atoms with Crippen molar-refractivity contribution >= 4 is 44.0 Å². The molecule has 2 N–H and O–H groups in total. The van der Waals surface area contributed by atoms with Crippen LogP contribution in [-0.2, 0) is 17.5 Å². The van der Waals surface area contributed by atoms with Gasteiger partial charge in [0.25, 0.3) is 0 Å². The fourth-order valence-corrected chi connectivity index (χ4v) is 4.53. The summed E-state index contributed by atoms with van der Waals surface area (Å²) in [6.07, 6.45) is -4.42. The minimum absolute atomic E-state index is 0.0499. The molecule has 3 aromatic rings. The number of halogens is 4. The zero-order valence-electron chi connectivity index (χ0n) is 16.3. The molecular weight excluding hydrogens is 451 g/mol. The molecule has 0 bridgehead atoms. The number of morpholine rings is 1. The number of alkyl halides is 3. The van der Waals surface area contributed by atoms with Crippen molar-refractivity contribution in [2.45, 2.75) is 12.7 Å².